The van der Waals surface area contributed by atoms with E-state index in [1.807, 2.05) is 6.20 Å². The van der Waals surface area contributed by atoms with Crippen LogP contribution in [0.5, 0.6) is 0 Å². The molecule has 0 aliphatic carbocycles. The third-order valence-corrected chi connectivity index (χ3v) is 4.26. The monoisotopic (exact) mass is 295 g/mol. The number of piperidine rings is 1. The molecule has 0 amide bonds. The Labute approximate surface area is 127 Å². The predicted octanol–water partition coefficient (Wildman–Crippen LogP) is 4.00. The molecule has 2 rings (SSSR count). The van der Waals surface area contributed by atoms with Gasteiger partial charge in [0.25, 0.3) is 0 Å². The number of rotatable bonds is 6. The lowest BCUT2D eigenvalue weighted by atomic mass is 9.98. The molecule has 1 aromatic heterocycles. The van der Waals surface area contributed by atoms with E-state index in [0.29, 0.717) is 6.04 Å². The summed E-state index contributed by atoms with van der Waals surface area (Å²) in [5.74, 6) is 0.977. The molecule has 3 nitrogen and oxygen atoms in total. The molecule has 2 heterocycles. The molecule has 0 spiro atoms. The van der Waals surface area contributed by atoms with Gasteiger partial charge in [0.2, 0.25) is 0 Å². The number of nitrogens with one attached hydrogen (secondary N) is 1. The van der Waals surface area contributed by atoms with Crippen molar-refractivity contribution in [1.82, 2.24) is 10.3 Å². The Kier molecular flexibility index (Phi) is 6.11. The summed E-state index contributed by atoms with van der Waals surface area (Å²) in [6.45, 7) is 7.24. The molecule has 0 radical (unpaired) electrons. The first kappa shape index (κ1) is 15.6. The summed E-state index contributed by atoms with van der Waals surface area (Å²) in [5.41, 5.74) is 1.16. The van der Waals surface area contributed by atoms with Crippen molar-refractivity contribution >= 4 is 17.4 Å². The maximum Gasteiger partial charge on any atom is 0.147 e. The quantitative estimate of drug-likeness (QED) is 0.860. The summed E-state index contributed by atoms with van der Waals surface area (Å²) in [6.07, 6.45) is 8.26. The van der Waals surface area contributed by atoms with Gasteiger partial charge in [-0.15, -0.1) is 0 Å². The Morgan fingerprint density at radius 1 is 1.40 bits per heavy atom. The fourth-order valence-electron chi connectivity index (χ4n) is 2.96. The minimum atomic E-state index is 0.610. The second-order valence-electron chi connectivity index (χ2n) is 5.56. The topological polar surface area (TPSA) is 28.2 Å². The molecule has 20 heavy (non-hydrogen) atoms. The highest BCUT2D eigenvalue weighted by atomic mass is 35.5. The first-order chi connectivity index (χ1) is 9.76. The number of hydrogen-bond acceptors (Lipinski definition) is 3. The van der Waals surface area contributed by atoms with Gasteiger partial charge in [0.15, 0.2) is 0 Å². The molecule has 1 unspecified atom stereocenters. The van der Waals surface area contributed by atoms with Crippen LogP contribution in [0.15, 0.2) is 12.3 Å². The lowest BCUT2D eigenvalue weighted by Gasteiger charge is -2.37. The van der Waals surface area contributed by atoms with Gasteiger partial charge in [0.1, 0.15) is 5.82 Å². The molecule has 0 saturated carbocycles. The van der Waals surface area contributed by atoms with Gasteiger partial charge in [-0.25, -0.2) is 4.98 Å². The van der Waals surface area contributed by atoms with Crippen molar-refractivity contribution in [3.05, 3.63) is 22.8 Å². The molecule has 1 N–H and O–H groups in total. The molecule has 1 fully saturated rings. The van der Waals surface area contributed by atoms with Gasteiger partial charge < -0.3 is 10.2 Å². The van der Waals surface area contributed by atoms with Crippen molar-refractivity contribution in [2.75, 3.05) is 18.0 Å². The summed E-state index contributed by atoms with van der Waals surface area (Å²) in [5, 5.41) is 4.10. The Morgan fingerprint density at radius 3 is 2.95 bits per heavy atom. The van der Waals surface area contributed by atoms with Gasteiger partial charge in [0, 0.05) is 25.3 Å². The number of pyridine rings is 1. The van der Waals surface area contributed by atoms with E-state index >= 15 is 0 Å². The molecular formula is C16H26ClN3. The zero-order chi connectivity index (χ0) is 14.4. The maximum absolute atomic E-state index is 6.48. The fraction of sp³-hybridized carbons (Fsp3) is 0.688. The summed E-state index contributed by atoms with van der Waals surface area (Å²) >= 11 is 6.48. The van der Waals surface area contributed by atoms with E-state index in [1.54, 1.807) is 0 Å². The highest BCUT2D eigenvalue weighted by molar-refractivity contribution is 6.33. The minimum Gasteiger partial charge on any atom is -0.352 e. The molecule has 0 aromatic carbocycles. The van der Waals surface area contributed by atoms with Gasteiger partial charge in [-0.1, -0.05) is 31.9 Å². The number of aromatic nitrogens is 1. The van der Waals surface area contributed by atoms with Crippen LogP contribution in [0.1, 0.15) is 51.5 Å². The van der Waals surface area contributed by atoms with E-state index in [0.717, 1.165) is 36.0 Å². The maximum atomic E-state index is 6.48. The zero-order valence-electron chi connectivity index (χ0n) is 12.7. The molecule has 1 aliphatic rings. The number of halogens is 1. The summed E-state index contributed by atoms with van der Waals surface area (Å²) in [4.78, 5) is 7.06. The largest absolute Gasteiger partial charge is 0.352 e. The van der Waals surface area contributed by atoms with Gasteiger partial charge >= 0.3 is 0 Å². The Balaban J connectivity index is 2.13. The van der Waals surface area contributed by atoms with E-state index in [1.165, 1.54) is 32.1 Å². The van der Waals surface area contributed by atoms with Crippen molar-refractivity contribution in [2.24, 2.45) is 0 Å². The first-order valence-electron chi connectivity index (χ1n) is 7.88. The summed E-state index contributed by atoms with van der Waals surface area (Å²) in [6, 6.07) is 2.67. The van der Waals surface area contributed by atoms with Gasteiger partial charge in [-0.3, -0.25) is 0 Å². The molecular weight excluding hydrogens is 270 g/mol. The average molecular weight is 296 g/mol. The van der Waals surface area contributed by atoms with Gasteiger partial charge in [0.05, 0.1) is 5.02 Å². The SMILES string of the molecule is CCCC1CCCCN1c1ncc(CNCC)cc1Cl. The molecule has 1 aromatic rings. The van der Waals surface area contributed by atoms with E-state index in [2.05, 4.69) is 35.1 Å². The average Bonchev–Trinajstić information content (AvgIpc) is 2.46. The molecule has 4 heteroatoms. The van der Waals surface area contributed by atoms with Crippen molar-refractivity contribution in [3.8, 4) is 0 Å². The fourth-order valence-corrected chi connectivity index (χ4v) is 3.26. The smallest absolute Gasteiger partial charge is 0.147 e. The second kappa shape index (κ2) is 7.84. The molecule has 1 saturated heterocycles. The highest BCUT2D eigenvalue weighted by Gasteiger charge is 2.24. The van der Waals surface area contributed by atoms with Crippen LogP contribution < -0.4 is 10.2 Å². The number of hydrogen-bond donors (Lipinski definition) is 1. The molecule has 1 aliphatic heterocycles. The standard InChI is InChI=1S/C16H26ClN3/c1-3-7-14-8-5-6-9-20(14)16-15(17)10-13(12-19-16)11-18-4-2/h10,12,14,18H,3-9,11H2,1-2H3. The predicted molar refractivity (Wildman–Crippen MR) is 86.5 cm³/mol. The summed E-state index contributed by atoms with van der Waals surface area (Å²) < 4.78 is 0. The number of anilines is 1. The Bertz CT molecular complexity index is 420. The van der Waals surface area contributed by atoms with Crippen LogP contribution in [0, 0.1) is 0 Å². The van der Waals surface area contributed by atoms with E-state index in [4.69, 9.17) is 11.6 Å². The van der Waals surface area contributed by atoms with Crippen LogP contribution in [0.2, 0.25) is 5.02 Å². The highest BCUT2D eigenvalue weighted by Crippen LogP contribution is 2.31. The lowest BCUT2D eigenvalue weighted by molar-refractivity contribution is 0.432. The van der Waals surface area contributed by atoms with E-state index in [9.17, 15) is 0 Å². The molecule has 1 atom stereocenters. The van der Waals surface area contributed by atoms with Crippen LogP contribution in [0.3, 0.4) is 0 Å². The summed E-state index contributed by atoms with van der Waals surface area (Å²) in [7, 11) is 0. The minimum absolute atomic E-state index is 0.610. The first-order valence-corrected chi connectivity index (χ1v) is 8.25. The van der Waals surface area contributed by atoms with Crippen LogP contribution >= 0.6 is 11.6 Å². The number of nitrogens with zero attached hydrogens (tertiary/aromatic N) is 2. The van der Waals surface area contributed by atoms with Crippen LogP contribution in [-0.4, -0.2) is 24.1 Å². The van der Waals surface area contributed by atoms with Crippen molar-refractivity contribution in [2.45, 2.75) is 58.5 Å². The van der Waals surface area contributed by atoms with Gasteiger partial charge in [-0.05, 0) is 43.9 Å². The second-order valence-corrected chi connectivity index (χ2v) is 5.97. The van der Waals surface area contributed by atoms with Crippen LogP contribution in [0.4, 0.5) is 5.82 Å². The van der Waals surface area contributed by atoms with Crippen molar-refractivity contribution in [1.29, 1.82) is 0 Å². The van der Waals surface area contributed by atoms with E-state index in [-0.39, 0.29) is 0 Å². The third-order valence-electron chi connectivity index (χ3n) is 3.98. The normalized spacial score (nSPS) is 19.4. The Morgan fingerprint density at radius 2 is 2.25 bits per heavy atom. The lowest BCUT2D eigenvalue weighted by Crippen LogP contribution is -2.40. The van der Waals surface area contributed by atoms with Crippen LogP contribution in [-0.2, 0) is 6.54 Å². The molecule has 112 valence electrons. The molecule has 0 bridgehead atoms. The van der Waals surface area contributed by atoms with Crippen LogP contribution in [0.25, 0.3) is 0 Å². The van der Waals surface area contributed by atoms with E-state index < -0.39 is 0 Å². The van der Waals surface area contributed by atoms with Crippen molar-refractivity contribution in [3.63, 3.8) is 0 Å². The zero-order valence-corrected chi connectivity index (χ0v) is 13.4. The third kappa shape index (κ3) is 3.86. The van der Waals surface area contributed by atoms with Gasteiger partial charge in [-0.2, -0.15) is 0 Å². The Hall–Kier alpha value is -0.800. The van der Waals surface area contributed by atoms with Crippen molar-refractivity contribution < 1.29 is 0 Å².